The van der Waals surface area contributed by atoms with E-state index in [0.29, 0.717) is 17.9 Å². The molecule has 0 unspecified atom stereocenters. The molecule has 10 heteroatoms. The molecule has 0 aliphatic heterocycles. The van der Waals surface area contributed by atoms with Crippen LogP contribution in [0, 0.1) is 11.6 Å². The summed E-state index contributed by atoms with van der Waals surface area (Å²) in [7, 11) is -0.685. The summed E-state index contributed by atoms with van der Waals surface area (Å²) in [5, 5.41) is 2.36. The zero-order valence-electron chi connectivity index (χ0n) is 16.8. The Morgan fingerprint density at radius 1 is 1.20 bits per heavy atom. The maximum atomic E-state index is 13.7. The fraction of sp³-hybridized carbons (Fsp3) is 0.300. The number of benzene rings is 2. The number of anilines is 1. The van der Waals surface area contributed by atoms with Crippen molar-refractivity contribution in [3.8, 4) is 0 Å². The summed E-state index contributed by atoms with van der Waals surface area (Å²) >= 11 is 0. The van der Waals surface area contributed by atoms with Gasteiger partial charge in [-0.2, -0.15) is 0 Å². The van der Waals surface area contributed by atoms with Gasteiger partial charge < -0.3 is 9.88 Å². The van der Waals surface area contributed by atoms with Gasteiger partial charge in [-0.05, 0) is 37.3 Å². The van der Waals surface area contributed by atoms with E-state index in [1.165, 1.54) is 38.4 Å². The second-order valence-corrected chi connectivity index (χ2v) is 9.01. The standard InChI is InChI=1S/C20H22F2N4O3S/c1-4-26-17-9-8-13(30(28,29)25(2)3)12-16(17)23-18(26)10-11-19(27)24-15-7-5-6-14(21)20(15)22/h5-9,12H,4,10-11H2,1-3H3,(H,24,27). The molecule has 3 aromatic rings. The lowest BCUT2D eigenvalue weighted by Gasteiger charge is -2.11. The van der Waals surface area contributed by atoms with Gasteiger partial charge in [0.05, 0.1) is 21.6 Å². The first kappa shape index (κ1) is 21.8. The molecule has 0 saturated carbocycles. The van der Waals surface area contributed by atoms with E-state index in [0.717, 1.165) is 15.9 Å². The van der Waals surface area contributed by atoms with E-state index in [1.807, 2.05) is 11.5 Å². The van der Waals surface area contributed by atoms with Crippen molar-refractivity contribution in [2.75, 3.05) is 19.4 Å². The molecule has 0 aliphatic carbocycles. The summed E-state index contributed by atoms with van der Waals surface area (Å²) in [5.41, 5.74) is 1.04. The van der Waals surface area contributed by atoms with Crippen LogP contribution in [0.1, 0.15) is 19.2 Å². The number of rotatable bonds is 7. The van der Waals surface area contributed by atoms with Crippen molar-refractivity contribution < 1.29 is 22.0 Å². The number of carbonyl (C=O) groups is 1. The molecule has 1 amide bonds. The highest BCUT2D eigenvalue weighted by atomic mass is 32.2. The summed E-state index contributed by atoms with van der Waals surface area (Å²) in [4.78, 5) is 16.8. The summed E-state index contributed by atoms with van der Waals surface area (Å²) in [6.07, 6.45) is 0.253. The first-order chi connectivity index (χ1) is 14.1. The number of aryl methyl sites for hydroxylation is 2. The first-order valence-corrected chi connectivity index (χ1v) is 10.7. The molecule has 0 aliphatic rings. The minimum atomic E-state index is -3.59. The predicted octanol–water partition coefficient (Wildman–Crippen LogP) is 3.16. The van der Waals surface area contributed by atoms with Crippen molar-refractivity contribution >= 4 is 32.7 Å². The fourth-order valence-corrected chi connectivity index (χ4v) is 4.04. The molecule has 3 rings (SSSR count). The van der Waals surface area contributed by atoms with E-state index in [2.05, 4.69) is 10.3 Å². The zero-order chi connectivity index (χ0) is 22.1. The van der Waals surface area contributed by atoms with Crippen molar-refractivity contribution in [1.29, 1.82) is 0 Å². The highest BCUT2D eigenvalue weighted by Gasteiger charge is 2.20. The SMILES string of the molecule is CCn1c(CCC(=O)Nc2cccc(F)c2F)nc2cc(S(=O)(=O)N(C)C)ccc21. The number of fused-ring (bicyclic) bond motifs is 1. The number of sulfonamides is 1. The van der Waals surface area contributed by atoms with Crippen LogP contribution in [0.5, 0.6) is 0 Å². The van der Waals surface area contributed by atoms with Crippen LogP contribution in [0.2, 0.25) is 0 Å². The van der Waals surface area contributed by atoms with Crippen LogP contribution in [0.25, 0.3) is 11.0 Å². The van der Waals surface area contributed by atoms with E-state index in [4.69, 9.17) is 0 Å². The number of nitrogens with zero attached hydrogens (tertiary/aromatic N) is 3. The number of hydrogen-bond acceptors (Lipinski definition) is 4. The molecule has 1 N–H and O–H groups in total. The Morgan fingerprint density at radius 2 is 1.93 bits per heavy atom. The van der Waals surface area contributed by atoms with Gasteiger partial charge in [0.15, 0.2) is 11.6 Å². The van der Waals surface area contributed by atoms with Crippen LogP contribution in [0.4, 0.5) is 14.5 Å². The van der Waals surface area contributed by atoms with Crippen LogP contribution < -0.4 is 5.32 Å². The maximum absolute atomic E-state index is 13.7. The third-order valence-corrected chi connectivity index (χ3v) is 6.51. The number of imidazole rings is 1. The largest absolute Gasteiger partial charge is 0.328 e. The second-order valence-electron chi connectivity index (χ2n) is 6.86. The smallest absolute Gasteiger partial charge is 0.242 e. The molecule has 0 radical (unpaired) electrons. The van der Waals surface area contributed by atoms with Gasteiger partial charge in [0.2, 0.25) is 15.9 Å². The van der Waals surface area contributed by atoms with E-state index in [-0.39, 0.29) is 23.4 Å². The number of nitrogens with one attached hydrogen (secondary N) is 1. The van der Waals surface area contributed by atoms with E-state index in [9.17, 15) is 22.0 Å². The quantitative estimate of drug-likeness (QED) is 0.617. The van der Waals surface area contributed by atoms with Crippen molar-refractivity contribution in [2.45, 2.75) is 31.2 Å². The lowest BCUT2D eigenvalue weighted by Crippen LogP contribution is -2.22. The summed E-state index contributed by atoms with van der Waals surface area (Å²) in [6.45, 7) is 2.49. The molecular weight excluding hydrogens is 414 g/mol. The summed E-state index contributed by atoms with van der Waals surface area (Å²) in [6, 6.07) is 8.28. The van der Waals surface area contributed by atoms with Gasteiger partial charge in [-0.15, -0.1) is 0 Å². The normalized spacial score (nSPS) is 11.9. The highest BCUT2D eigenvalue weighted by molar-refractivity contribution is 7.89. The molecule has 0 fully saturated rings. The monoisotopic (exact) mass is 436 g/mol. The lowest BCUT2D eigenvalue weighted by molar-refractivity contribution is -0.116. The van der Waals surface area contributed by atoms with Crippen LogP contribution in [0.3, 0.4) is 0 Å². The van der Waals surface area contributed by atoms with Crippen molar-refractivity contribution in [3.05, 3.63) is 53.9 Å². The molecule has 160 valence electrons. The Balaban J connectivity index is 1.82. The van der Waals surface area contributed by atoms with Crippen LogP contribution in [-0.4, -0.2) is 42.3 Å². The molecule has 0 spiro atoms. The van der Waals surface area contributed by atoms with Gasteiger partial charge in [0.1, 0.15) is 5.82 Å². The Morgan fingerprint density at radius 3 is 2.60 bits per heavy atom. The average molecular weight is 436 g/mol. The molecule has 0 bridgehead atoms. The van der Waals surface area contributed by atoms with Crippen LogP contribution >= 0.6 is 0 Å². The minimum absolute atomic E-state index is 0.00211. The number of hydrogen-bond donors (Lipinski definition) is 1. The lowest BCUT2D eigenvalue weighted by atomic mass is 10.2. The van der Waals surface area contributed by atoms with Gasteiger partial charge in [0.25, 0.3) is 0 Å². The Bertz CT molecular complexity index is 1210. The molecular formula is C20H22F2N4O3S. The molecule has 1 aromatic heterocycles. The maximum Gasteiger partial charge on any atom is 0.242 e. The predicted molar refractivity (Wildman–Crippen MR) is 110 cm³/mol. The van der Waals surface area contributed by atoms with Gasteiger partial charge in [-0.1, -0.05) is 6.07 Å². The Hall–Kier alpha value is -2.85. The van der Waals surface area contributed by atoms with Crippen molar-refractivity contribution in [3.63, 3.8) is 0 Å². The number of amides is 1. The molecule has 7 nitrogen and oxygen atoms in total. The van der Waals surface area contributed by atoms with Crippen LogP contribution in [-0.2, 0) is 27.8 Å². The first-order valence-electron chi connectivity index (χ1n) is 9.30. The Kier molecular flexibility index (Phi) is 6.18. The zero-order valence-corrected chi connectivity index (χ0v) is 17.6. The van der Waals surface area contributed by atoms with Crippen molar-refractivity contribution in [1.82, 2.24) is 13.9 Å². The van der Waals surface area contributed by atoms with Gasteiger partial charge >= 0.3 is 0 Å². The van der Waals surface area contributed by atoms with Gasteiger partial charge in [-0.25, -0.2) is 26.5 Å². The molecule has 0 saturated heterocycles. The topological polar surface area (TPSA) is 84.3 Å². The molecule has 0 atom stereocenters. The van der Waals surface area contributed by atoms with Crippen LogP contribution in [0.15, 0.2) is 41.3 Å². The second kappa shape index (κ2) is 8.49. The van der Waals surface area contributed by atoms with E-state index in [1.54, 1.807) is 6.07 Å². The van der Waals surface area contributed by atoms with E-state index >= 15 is 0 Å². The Labute approximate surface area is 173 Å². The number of carbonyl (C=O) groups excluding carboxylic acids is 1. The third kappa shape index (κ3) is 4.19. The molecule has 1 heterocycles. The molecule has 2 aromatic carbocycles. The number of aromatic nitrogens is 2. The van der Waals surface area contributed by atoms with Gasteiger partial charge in [-0.3, -0.25) is 4.79 Å². The number of halogens is 2. The van der Waals surface area contributed by atoms with Crippen molar-refractivity contribution in [2.24, 2.45) is 0 Å². The van der Waals surface area contributed by atoms with E-state index < -0.39 is 27.6 Å². The minimum Gasteiger partial charge on any atom is -0.328 e. The molecule has 30 heavy (non-hydrogen) atoms. The third-order valence-electron chi connectivity index (χ3n) is 4.69. The summed E-state index contributed by atoms with van der Waals surface area (Å²) in [5.74, 6) is -2.03. The summed E-state index contributed by atoms with van der Waals surface area (Å²) < 4.78 is 54.7. The highest BCUT2D eigenvalue weighted by Crippen LogP contribution is 2.23. The van der Waals surface area contributed by atoms with Gasteiger partial charge in [0, 0.05) is 33.5 Å². The average Bonchev–Trinajstić information content (AvgIpc) is 3.06. The fourth-order valence-electron chi connectivity index (χ4n) is 3.11.